The molecule has 1 aliphatic heterocycles. The van der Waals surface area contributed by atoms with Crippen LogP contribution in [0.4, 0.5) is 0 Å². The van der Waals surface area contributed by atoms with E-state index in [0.29, 0.717) is 0 Å². The molecule has 1 heterocycles. The Hall–Kier alpha value is -0.0800. The van der Waals surface area contributed by atoms with Gasteiger partial charge in [-0.1, -0.05) is 32.6 Å². The van der Waals surface area contributed by atoms with E-state index in [0.717, 1.165) is 23.9 Å². The molecular weight excluding hydrogens is 232 g/mol. The maximum Gasteiger partial charge on any atom is 0.0124 e. The van der Waals surface area contributed by atoms with Crippen molar-refractivity contribution in [3.63, 3.8) is 0 Å². The quantitative estimate of drug-likeness (QED) is 0.837. The lowest BCUT2D eigenvalue weighted by Gasteiger charge is -2.33. The van der Waals surface area contributed by atoms with Crippen LogP contribution >= 0.6 is 0 Å². The van der Waals surface area contributed by atoms with Crippen molar-refractivity contribution in [1.29, 1.82) is 0 Å². The molecule has 3 fully saturated rings. The molecule has 1 N–H and O–H groups in total. The third-order valence-electron chi connectivity index (χ3n) is 5.89. The largest absolute Gasteiger partial charge is 0.313 e. The summed E-state index contributed by atoms with van der Waals surface area (Å²) >= 11 is 0. The van der Waals surface area contributed by atoms with Crippen LogP contribution in [0.2, 0.25) is 0 Å². The second kappa shape index (κ2) is 6.58. The SMILES string of the molecule is CC1CCCC(NCCN2CCC3CCCCC32)C1. The van der Waals surface area contributed by atoms with Crippen molar-refractivity contribution >= 4 is 0 Å². The molecule has 110 valence electrons. The average Bonchev–Trinajstić information content (AvgIpc) is 2.83. The van der Waals surface area contributed by atoms with Crippen LogP contribution in [0.5, 0.6) is 0 Å². The summed E-state index contributed by atoms with van der Waals surface area (Å²) < 4.78 is 0. The summed E-state index contributed by atoms with van der Waals surface area (Å²) in [6.07, 6.45) is 13.1. The molecule has 0 aromatic heterocycles. The van der Waals surface area contributed by atoms with Gasteiger partial charge < -0.3 is 5.32 Å². The zero-order valence-corrected chi connectivity index (χ0v) is 12.7. The maximum absolute atomic E-state index is 3.83. The molecular formula is C17H32N2. The number of nitrogens with one attached hydrogen (secondary N) is 1. The molecule has 4 atom stereocenters. The van der Waals surface area contributed by atoms with Gasteiger partial charge in [-0.25, -0.2) is 0 Å². The maximum atomic E-state index is 3.83. The van der Waals surface area contributed by atoms with Crippen molar-refractivity contribution in [2.75, 3.05) is 19.6 Å². The third-order valence-corrected chi connectivity index (χ3v) is 5.89. The molecule has 0 bridgehead atoms. The van der Waals surface area contributed by atoms with E-state index in [9.17, 15) is 0 Å². The van der Waals surface area contributed by atoms with E-state index in [2.05, 4.69) is 17.1 Å². The first-order chi connectivity index (χ1) is 9.33. The van der Waals surface area contributed by atoms with Crippen molar-refractivity contribution in [1.82, 2.24) is 10.2 Å². The lowest BCUT2D eigenvalue weighted by atomic mass is 9.85. The zero-order valence-electron chi connectivity index (χ0n) is 12.7. The fourth-order valence-electron chi connectivity index (χ4n) is 4.81. The molecule has 3 rings (SSSR count). The van der Waals surface area contributed by atoms with Gasteiger partial charge in [-0.15, -0.1) is 0 Å². The Bertz CT molecular complexity index is 278. The number of hydrogen-bond donors (Lipinski definition) is 1. The molecule has 4 unspecified atom stereocenters. The summed E-state index contributed by atoms with van der Waals surface area (Å²) in [7, 11) is 0. The molecule has 0 radical (unpaired) electrons. The Morgan fingerprint density at radius 2 is 1.89 bits per heavy atom. The summed E-state index contributed by atoms with van der Waals surface area (Å²) in [6, 6.07) is 1.76. The van der Waals surface area contributed by atoms with E-state index in [1.807, 2.05) is 0 Å². The summed E-state index contributed by atoms with van der Waals surface area (Å²) in [5.41, 5.74) is 0. The minimum atomic E-state index is 0.813. The van der Waals surface area contributed by atoms with E-state index < -0.39 is 0 Å². The first kappa shape index (κ1) is 13.9. The summed E-state index contributed by atoms with van der Waals surface area (Å²) in [5, 5.41) is 3.83. The van der Waals surface area contributed by atoms with E-state index in [-0.39, 0.29) is 0 Å². The van der Waals surface area contributed by atoms with Gasteiger partial charge in [0.25, 0.3) is 0 Å². The Morgan fingerprint density at radius 1 is 1.00 bits per heavy atom. The van der Waals surface area contributed by atoms with Gasteiger partial charge in [0.15, 0.2) is 0 Å². The van der Waals surface area contributed by atoms with Gasteiger partial charge in [0.05, 0.1) is 0 Å². The average molecular weight is 264 g/mol. The van der Waals surface area contributed by atoms with Gasteiger partial charge >= 0.3 is 0 Å². The molecule has 3 aliphatic rings. The number of hydrogen-bond acceptors (Lipinski definition) is 2. The Labute approximate surface area is 119 Å². The smallest absolute Gasteiger partial charge is 0.0124 e. The van der Waals surface area contributed by atoms with Crippen LogP contribution in [0.1, 0.15) is 64.7 Å². The van der Waals surface area contributed by atoms with E-state index in [1.165, 1.54) is 77.4 Å². The van der Waals surface area contributed by atoms with Crippen molar-refractivity contribution in [2.24, 2.45) is 11.8 Å². The van der Waals surface area contributed by atoms with Crippen LogP contribution in [0, 0.1) is 11.8 Å². The van der Waals surface area contributed by atoms with Gasteiger partial charge in [0.1, 0.15) is 0 Å². The molecule has 1 saturated heterocycles. The predicted octanol–water partition coefficient (Wildman–Crippen LogP) is 3.42. The molecule has 0 spiro atoms. The van der Waals surface area contributed by atoms with Gasteiger partial charge in [-0.05, 0) is 50.5 Å². The van der Waals surface area contributed by atoms with Crippen LogP contribution in [0.3, 0.4) is 0 Å². The molecule has 19 heavy (non-hydrogen) atoms. The second-order valence-corrected chi connectivity index (χ2v) is 7.36. The van der Waals surface area contributed by atoms with E-state index in [1.54, 1.807) is 0 Å². The topological polar surface area (TPSA) is 15.3 Å². The van der Waals surface area contributed by atoms with Crippen LogP contribution in [0.25, 0.3) is 0 Å². The fourth-order valence-corrected chi connectivity index (χ4v) is 4.81. The molecule has 0 aromatic rings. The highest BCUT2D eigenvalue weighted by Crippen LogP contribution is 2.35. The Balaban J connectivity index is 1.38. The molecule has 2 nitrogen and oxygen atoms in total. The summed E-state index contributed by atoms with van der Waals surface area (Å²) in [5.74, 6) is 1.99. The van der Waals surface area contributed by atoms with Crippen LogP contribution in [-0.2, 0) is 0 Å². The highest BCUT2D eigenvalue weighted by molar-refractivity contribution is 4.90. The number of likely N-dealkylation sites (tertiary alicyclic amines) is 1. The lowest BCUT2D eigenvalue weighted by Crippen LogP contribution is -2.42. The molecule has 2 aliphatic carbocycles. The van der Waals surface area contributed by atoms with E-state index in [4.69, 9.17) is 0 Å². The minimum absolute atomic E-state index is 0.813. The van der Waals surface area contributed by atoms with Crippen LogP contribution in [0.15, 0.2) is 0 Å². The van der Waals surface area contributed by atoms with Gasteiger partial charge in [0.2, 0.25) is 0 Å². The fraction of sp³-hybridized carbons (Fsp3) is 1.00. The first-order valence-corrected chi connectivity index (χ1v) is 8.80. The summed E-state index contributed by atoms with van der Waals surface area (Å²) in [6.45, 7) is 6.31. The van der Waals surface area contributed by atoms with Gasteiger partial charge in [0, 0.05) is 25.2 Å². The lowest BCUT2D eigenvalue weighted by molar-refractivity contribution is 0.178. The number of rotatable bonds is 4. The number of nitrogens with zero attached hydrogens (tertiary/aromatic N) is 1. The summed E-state index contributed by atoms with van der Waals surface area (Å²) in [4.78, 5) is 2.79. The van der Waals surface area contributed by atoms with Crippen LogP contribution < -0.4 is 5.32 Å². The molecule has 0 aromatic carbocycles. The minimum Gasteiger partial charge on any atom is -0.313 e. The zero-order chi connectivity index (χ0) is 13.1. The third kappa shape index (κ3) is 3.52. The van der Waals surface area contributed by atoms with Crippen molar-refractivity contribution < 1.29 is 0 Å². The Morgan fingerprint density at radius 3 is 2.79 bits per heavy atom. The van der Waals surface area contributed by atoms with Crippen molar-refractivity contribution in [2.45, 2.75) is 76.8 Å². The van der Waals surface area contributed by atoms with E-state index >= 15 is 0 Å². The molecule has 2 saturated carbocycles. The van der Waals surface area contributed by atoms with Gasteiger partial charge in [-0.2, -0.15) is 0 Å². The highest BCUT2D eigenvalue weighted by Gasteiger charge is 2.35. The Kier molecular flexibility index (Phi) is 4.81. The highest BCUT2D eigenvalue weighted by atomic mass is 15.2. The molecule has 0 amide bonds. The van der Waals surface area contributed by atoms with Crippen LogP contribution in [-0.4, -0.2) is 36.6 Å². The predicted molar refractivity (Wildman–Crippen MR) is 81.4 cm³/mol. The standard InChI is InChI=1S/C17H32N2/c1-14-5-4-7-16(13-14)18-10-12-19-11-9-15-6-2-3-8-17(15)19/h14-18H,2-13H2,1H3. The monoisotopic (exact) mass is 264 g/mol. The molecule has 2 heteroatoms. The second-order valence-electron chi connectivity index (χ2n) is 7.36. The van der Waals surface area contributed by atoms with Gasteiger partial charge in [-0.3, -0.25) is 4.90 Å². The first-order valence-electron chi connectivity index (χ1n) is 8.80. The van der Waals surface area contributed by atoms with Crippen molar-refractivity contribution in [3.8, 4) is 0 Å². The number of fused-ring (bicyclic) bond motifs is 1. The van der Waals surface area contributed by atoms with Crippen molar-refractivity contribution in [3.05, 3.63) is 0 Å². The normalized spacial score (nSPS) is 40.3.